The van der Waals surface area contributed by atoms with Crippen LogP contribution in [0, 0.1) is 10.1 Å². The van der Waals surface area contributed by atoms with Crippen molar-refractivity contribution in [1.82, 2.24) is 9.88 Å². The highest BCUT2D eigenvalue weighted by Gasteiger charge is 2.16. The van der Waals surface area contributed by atoms with Crippen LogP contribution in [-0.2, 0) is 0 Å². The van der Waals surface area contributed by atoms with E-state index >= 15 is 0 Å². The predicted molar refractivity (Wildman–Crippen MR) is 70.2 cm³/mol. The Kier molecular flexibility index (Phi) is 4.83. The summed E-state index contributed by atoms with van der Waals surface area (Å²) in [6.07, 6.45) is 1.54. The maximum Gasteiger partial charge on any atom is 0.312 e. The van der Waals surface area contributed by atoms with Crippen LogP contribution in [0.1, 0.15) is 6.92 Å². The summed E-state index contributed by atoms with van der Waals surface area (Å²) in [7, 11) is 3.91. The fourth-order valence-electron chi connectivity index (χ4n) is 1.13. The Bertz CT molecular complexity index is 411. The van der Waals surface area contributed by atoms with Gasteiger partial charge < -0.3 is 10.2 Å². The molecule has 1 atom stereocenters. The number of hydrogen-bond acceptors (Lipinski definition) is 5. The van der Waals surface area contributed by atoms with Gasteiger partial charge in [-0.25, -0.2) is 4.98 Å². The molecule has 17 heavy (non-hydrogen) atoms. The fraction of sp³-hybridized carbons (Fsp3) is 0.500. The summed E-state index contributed by atoms with van der Waals surface area (Å²) in [5.74, 6) is 0.298. The SMILES string of the molecule is CC(CNc1ncc(Br)cc1[N+](=O)[O-])N(C)C. The molecule has 1 aromatic rings. The number of nitro groups is 1. The van der Waals surface area contributed by atoms with Crippen LogP contribution in [0.3, 0.4) is 0 Å². The first kappa shape index (κ1) is 13.9. The maximum absolute atomic E-state index is 10.8. The van der Waals surface area contributed by atoms with Crippen molar-refractivity contribution in [2.24, 2.45) is 0 Å². The minimum absolute atomic E-state index is 0.0228. The van der Waals surface area contributed by atoms with Crippen molar-refractivity contribution >= 4 is 27.4 Å². The van der Waals surface area contributed by atoms with Crippen LogP contribution < -0.4 is 5.32 Å². The first-order valence-electron chi connectivity index (χ1n) is 5.12. The maximum atomic E-state index is 10.8. The van der Waals surface area contributed by atoms with Crippen molar-refractivity contribution in [1.29, 1.82) is 0 Å². The lowest BCUT2D eigenvalue weighted by atomic mass is 10.3. The highest BCUT2D eigenvalue weighted by molar-refractivity contribution is 9.10. The molecule has 0 aliphatic carbocycles. The first-order valence-corrected chi connectivity index (χ1v) is 5.91. The Morgan fingerprint density at radius 2 is 2.29 bits per heavy atom. The van der Waals surface area contributed by atoms with Crippen molar-refractivity contribution in [2.75, 3.05) is 26.0 Å². The molecule has 1 N–H and O–H groups in total. The molecule has 0 aliphatic rings. The summed E-state index contributed by atoms with van der Waals surface area (Å²) in [5, 5.41) is 13.8. The highest BCUT2D eigenvalue weighted by atomic mass is 79.9. The van der Waals surface area contributed by atoms with E-state index in [9.17, 15) is 10.1 Å². The summed E-state index contributed by atoms with van der Waals surface area (Å²) < 4.78 is 0.593. The lowest BCUT2D eigenvalue weighted by Gasteiger charge is -2.20. The minimum atomic E-state index is -0.444. The van der Waals surface area contributed by atoms with Gasteiger partial charge in [0.25, 0.3) is 0 Å². The minimum Gasteiger partial charge on any atom is -0.363 e. The summed E-state index contributed by atoms with van der Waals surface area (Å²) >= 11 is 3.16. The smallest absolute Gasteiger partial charge is 0.312 e. The third-order valence-electron chi connectivity index (χ3n) is 2.48. The lowest BCUT2D eigenvalue weighted by molar-refractivity contribution is -0.384. The van der Waals surface area contributed by atoms with Gasteiger partial charge in [0.15, 0.2) is 0 Å². The number of pyridine rings is 1. The van der Waals surface area contributed by atoms with Gasteiger partial charge in [0.1, 0.15) is 0 Å². The number of hydrogen-bond donors (Lipinski definition) is 1. The number of aromatic nitrogens is 1. The molecule has 0 bridgehead atoms. The third-order valence-corrected chi connectivity index (χ3v) is 2.91. The molecular formula is C10H15BrN4O2. The largest absolute Gasteiger partial charge is 0.363 e. The lowest BCUT2D eigenvalue weighted by Crippen LogP contribution is -2.31. The van der Waals surface area contributed by atoms with E-state index in [0.29, 0.717) is 16.8 Å². The Balaban J connectivity index is 2.80. The molecule has 1 unspecified atom stereocenters. The van der Waals surface area contributed by atoms with Crippen molar-refractivity contribution in [2.45, 2.75) is 13.0 Å². The predicted octanol–water partition coefficient (Wildman–Crippen LogP) is 2.11. The second-order valence-corrected chi connectivity index (χ2v) is 4.89. The second kappa shape index (κ2) is 5.92. The average Bonchev–Trinajstić information content (AvgIpc) is 2.26. The molecule has 0 saturated heterocycles. The molecule has 94 valence electrons. The summed E-state index contributed by atoms with van der Waals surface area (Å²) in [4.78, 5) is 16.4. The molecule has 1 rings (SSSR count). The van der Waals surface area contributed by atoms with Gasteiger partial charge in [0.05, 0.1) is 4.92 Å². The van der Waals surface area contributed by atoms with E-state index in [4.69, 9.17) is 0 Å². The molecule has 6 nitrogen and oxygen atoms in total. The van der Waals surface area contributed by atoms with E-state index in [2.05, 4.69) is 26.2 Å². The topological polar surface area (TPSA) is 71.3 Å². The van der Waals surface area contributed by atoms with Gasteiger partial charge in [-0.05, 0) is 36.9 Å². The normalized spacial score (nSPS) is 12.5. The number of anilines is 1. The van der Waals surface area contributed by atoms with Crippen LogP contribution in [-0.4, -0.2) is 41.5 Å². The molecule has 0 amide bonds. The van der Waals surface area contributed by atoms with Gasteiger partial charge in [-0.1, -0.05) is 0 Å². The Morgan fingerprint density at radius 3 is 2.82 bits per heavy atom. The average molecular weight is 303 g/mol. The summed E-state index contributed by atoms with van der Waals surface area (Å²) in [5.41, 5.74) is -0.0228. The van der Waals surface area contributed by atoms with Crippen molar-refractivity contribution in [3.8, 4) is 0 Å². The number of rotatable bonds is 5. The summed E-state index contributed by atoms with van der Waals surface area (Å²) in [6, 6.07) is 1.70. The molecule has 0 radical (unpaired) electrons. The van der Waals surface area contributed by atoms with E-state index in [1.807, 2.05) is 25.9 Å². The molecule has 1 heterocycles. The van der Waals surface area contributed by atoms with Gasteiger partial charge in [0.2, 0.25) is 5.82 Å². The Morgan fingerprint density at radius 1 is 1.65 bits per heavy atom. The zero-order chi connectivity index (χ0) is 13.0. The van der Waals surface area contributed by atoms with Crippen molar-refractivity contribution in [3.05, 3.63) is 26.9 Å². The molecule has 0 saturated carbocycles. The van der Waals surface area contributed by atoms with Crippen LogP contribution in [0.4, 0.5) is 11.5 Å². The third kappa shape index (κ3) is 3.94. The number of nitrogens with zero attached hydrogens (tertiary/aromatic N) is 3. The van der Waals surface area contributed by atoms with Crippen LogP contribution in [0.15, 0.2) is 16.7 Å². The zero-order valence-corrected chi connectivity index (χ0v) is 11.6. The van der Waals surface area contributed by atoms with Gasteiger partial charge >= 0.3 is 5.69 Å². The first-order chi connectivity index (χ1) is 7.91. The molecule has 7 heteroatoms. The molecular weight excluding hydrogens is 288 g/mol. The molecule has 0 spiro atoms. The van der Waals surface area contributed by atoms with E-state index in [1.165, 1.54) is 12.3 Å². The Labute approximate surface area is 108 Å². The number of likely N-dealkylation sites (N-methyl/N-ethyl adjacent to an activating group) is 1. The van der Waals surface area contributed by atoms with Crippen LogP contribution in [0.5, 0.6) is 0 Å². The van der Waals surface area contributed by atoms with Gasteiger partial charge in [-0.15, -0.1) is 0 Å². The molecule has 0 fully saturated rings. The van der Waals surface area contributed by atoms with E-state index in [1.54, 1.807) is 0 Å². The standard InChI is InChI=1S/C10H15BrN4O2/c1-7(14(2)3)5-12-10-9(15(16)17)4-8(11)6-13-10/h4,6-7H,5H2,1-3H3,(H,12,13). The van der Waals surface area contributed by atoms with Crippen LogP contribution in [0.25, 0.3) is 0 Å². The van der Waals surface area contributed by atoms with Gasteiger partial charge in [0, 0.05) is 29.3 Å². The van der Waals surface area contributed by atoms with Gasteiger partial charge in [-0.2, -0.15) is 0 Å². The second-order valence-electron chi connectivity index (χ2n) is 3.97. The van der Waals surface area contributed by atoms with Crippen molar-refractivity contribution in [3.63, 3.8) is 0 Å². The molecule has 0 aliphatic heterocycles. The number of nitrogens with one attached hydrogen (secondary N) is 1. The number of halogens is 1. The van der Waals surface area contributed by atoms with Gasteiger partial charge in [-0.3, -0.25) is 10.1 Å². The van der Waals surface area contributed by atoms with Crippen molar-refractivity contribution < 1.29 is 4.92 Å². The molecule has 0 aromatic carbocycles. The quantitative estimate of drug-likeness (QED) is 0.666. The zero-order valence-electron chi connectivity index (χ0n) is 9.98. The van der Waals surface area contributed by atoms with E-state index in [-0.39, 0.29) is 11.7 Å². The van der Waals surface area contributed by atoms with E-state index < -0.39 is 4.92 Å². The van der Waals surface area contributed by atoms with Crippen LogP contribution >= 0.6 is 15.9 Å². The van der Waals surface area contributed by atoms with Crippen LogP contribution in [0.2, 0.25) is 0 Å². The highest BCUT2D eigenvalue weighted by Crippen LogP contribution is 2.25. The monoisotopic (exact) mass is 302 g/mol. The molecule has 1 aromatic heterocycles. The Hall–Kier alpha value is -1.21. The summed E-state index contributed by atoms with van der Waals surface area (Å²) in [6.45, 7) is 2.63. The van der Waals surface area contributed by atoms with E-state index in [0.717, 1.165) is 0 Å². The fourth-order valence-corrected chi connectivity index (χ4v) is 1.45.